The summed E-state index contributed by atoms with van der Waals surface area (Å²) < 4.78 is 6.64. The average Bonchev–Trinajstić information content (AvgIpc) is 3.25. The van der Waals surface area contributed by atoms with E-state index in [0.717, 1.165) is 5.69 Å². The predicted octanol–water partition coefficient (Wildman–Crippen LogP) is 2.85. The number of ether oxygens (including phenoxy) is 1. The van der Waals surface area contributed by atoms with E-state index in [9.17, 15) is 14.4 Å². The third-order valence-corrected chi connectivity index (χ3v) is 5.83. The van der Waals surface area contributed by atoms with E-state index >= 15 is 0 Å². The van der Waals surface area contributed by atoms with E-state index in [4.69, 9.17) is 4.74 Å². The highest BCUT2D eigenvalue weighted by molar-refractivity contribution is 6.06. The van der Waals surface area contributed by atoms with Gasteiger partial charge in [0, 0.05) is 61.9 Å². The Bertz CT molecular complexity index is 1190. The number of anilines is 2. The maximum absolute atomic E-state index is 13.0. The van der Waals surface area contributed by atoms with Crippen LogP contribution in [0, 0.1) is 0 Å². The molecule has 1 saturated heterocycles. The lowest BCUT2D eigenvalue weighted by Gasteiger charge is -2.36. The van der Waals surface area contributed by atoms with E-state index in [1.807, 2.05) is 29.2 Å². The quantitative estimate of drug-likeness (QED) is 0.567. The molecule has 0 saturated carbocycles. The number of ketones is 1. The van der Waals surface area contributed by atoms with Crippen molar-refractivity contribution in [2.75, 3.05) is 43.5 Å². The predicted molar refractivity (Wildman–Crippen MR) is 129 cm³/mol. The van der Waals surface area contributed by atoms with Crippen LogP contribution in [0.5, 0.6) is 5.88 Å². The number of nitrogens with zero attached hydrogens (tertiary/aromatic N) is 4. The monoisotopic (exact) mass is 461 g/mol. The van der Waals surface area contributed by atoms with E-state index in [2.05, 4.69) is 15.3 Å². The summed E-state index contributed by atoms with van der Waals surface area (Å²) in [6, 6.07) is 14.4. The van der Waals surface area contributed by atoms with Gasteiger partial charge >= 0.3 is 0 Å². The van der Waals surface area contributed by atoms with E-state index in [-0.39, 0.29) is 23.5 Å². The van der Waals surface area contributed by atoms with Crippen molar-refractivity contribution in [2.45, 2.75) is 6.92 Å². The molecule has 1 N–H and O–H groups in total. The zero-order valence-corrected chi connectivity index (χ0v) is 19.4. The van der Waals surface area contributed by atoms with Crippen LogP contribution in [0.2, 0.25) is 0 Å². The molecule has 176 valence electrons. The molecule has 9 nitrogen and oxygen atoms in total. The van der Waals surface area contributed by atoms with Crippen LogP contribution >= 0.6 is 0 Å². The summed E-state index contributed by atoms with van der Waals surface area (Å²) in [4.78, 5) is 41.0. The van der Waals surface area contributed by atoms with Gasteiger partial charge in [-0.05, 0) is 55.5 Å². The van der Waals surface area contributed by atoms with Gasteiger partial charge in [-0.25, -0.2) is 0 Å². The van der Waals surface area contributed by atoms with E-state index in [0.29, 0.717) is 48.6 Å². The molecule has 0 atom stereocenters. The van der Waals surface area contributed by atoms with Crippen molar-refractivity contribution < 1.29 is 19.1 Å². The van der Waals surface area contributed by atoms with Crippen LogP contribution in [0.4, 0.5) is 11.4 Å². The fourth-order valence-corrected chi connectivity index (χ4v) is 3.93. The molecule has 1 aliphatic rings. The molecule has 2 heterocycles. The third kappa shape index (κ3) is 4.93. The Morgan fingerprint density at radius 2 is 1.53 bits per heavy atom. The smallest absolute Gasteiger partial charge is 0.262 e. The van der Waals surface area contributed by atoms with Crippen LogP contribution in [-0.4, -0.2) is 65.6 Å². The highest BCUT2D eigenvalue weighted by atomic mass is 16.5. The lowest BCUT2D eigenvalue weighted by Crippen LogP contribution is -2.48. The molecule has 0 radical (unpaired) electrons. The van der Waals surface area contributed by atoms with Crippen LogP contribution < -0.4 is 15.0 Å². The number of nitrogens with one attached hydrogen (secondary N) is 1. The average molecular weight is 462 g/mol. The Morgan fingerprint density at radius 1 is 0.912 bits per heavy atom. The largest absolute Gasteiger partial charge is 0.479 e. The summed E-state index contributed by atoms with van der Waals surface area (Å²) in [5.74, 6) is -0.0834. The molecule has 1 fully saturated rings. The van der Waals surface area contributed by atoms with Gasteiger partial charge in [0.2, 0.25) is 5.88 Å². The highest BCUT2D eigenvalue weighted by Crippen LogP contribution is 2.20. The Morgan fingerprint density at radius 3 is 2.12 bits per heavy atom. The first-order valence-corrected chi connectivity index (χ1v) is 11.0. The first-order chi connectivity index (χ1) is 16.4. The topological polar surface area (TPSA) is 96.8 Å². The minimum Gasteiger partial charge on any atom is -0.479 e. The van der Waals surface area contributed by atoms with Gasteiger partial charge < -0.3 is 19.9 Å². The molecule has 2 aromatic carbocycles. The molecule has 0 spiro atoms. The standard InChI is InChI=1S/C25H27N5O4/c1-17(31)18-6-10-21(11-7-18)29-12-14-30(15-13-29)25(33)19-4-8-20(9-5-19)26-23(32)22-16-28(2)27-24(22)34-3/h4-11,16H,12-15H2,1-3H3,(H,26,32). The fraction of sp³-hybridized carbons (Fsp3) is 0.280. The van der Waals surface area contributed by atoms with Crippen LogP contribution in [-0.2, 0) is 7.05 Å². The lowest BCUT2D eigenvalue weighted by molar-refractivity contribution is 0.0746. The number of aromatic nitrogens is 2. The minimum atomic E-state index is -0.337. The number of Topliss-reactive ketones (excluding diaryl/α,β-unsaturated/α-hetero) is 1. The zero-order chi connectivity index (χ0) is 24.2. The van der Waals surface area contributed by atoms with Gasteiger partial charge in [0.15, 0.2) is 5.78 Å². The molecular weight excluding hydrogens is 434 g/mol. The van der Waals surface area contributed by atoms with E-state index in [1.54, 1.807) is 44.4 Å². The number of methoxy groups -OCH3 is 1. The molecule has 9 heteroatoms. The zero-order valence-electron chi connectivity index (χ0n) is 19.4. The molecular formula is C25H27N5O4. The fourth-order valence-electron chi connectivity index (χ4n) is 3.93. The van der Waals surface area contributed by atoms with E-state index < -0.39 is 0 Å². The summed E-state index contributed by atoms with van der Waals surface area (Å²) in [7, 11) is 3.17. The maximum atomic E-state index is 13.0. The molecule has 34 heavy (non-hydrogen) atoms. The number of hydrogen-bond donors (Lipinski definition) is 1. The van der Waals surface area contributed by atoms with Crippen LogP contribution in [0.1, 0.15) is 38.0 Å². The van der Waals surface area contributed by atoms with Gasteiger partial charge in [-0.2, -0.15) is 0 Å². The number of amides is 2. The summed E-state index contributed by atoms with van der Waals surface area (Å²) >= 11 is 0. The second-order valence-electron chi connectivity index (χ2n) is 8.14. The van der Waals surface area contributed by atoms with Crippen LogP contribution in [0.3, 0.4) is 0 Å². The Balaban J connectivity index is 1.34. The van der Waals surface area contributed by atoms with Gasteiger partial charge in [0.25, 0.3) is 11.8 Å². The minimum absolute atomic E-state index is 0.0432. The number of carbonyl (C=O) groups is 3. The number of carbonyl (C=O) groups excluding carboxylic acids is 3. The van der Waals surface area contributed by atoms with Crippen molar-refractivity contribution in [2.24, 2.45) is 7.05 Å². The van der Waals surface area contributed by atoms with Crippen molar-refractivity contribution >= 4 is 29.0 Å². The van der Waals surface area contributed by atoms with Crippen LogP contribution in [0.15, 0.2) is 54.7 Å². The van der Waals surface area contributed by atoms with Crippen LogP contribution in [0.25, 0.3) is 0 Å². The molecule has 0 bridgehead atoms. The second-order valence-corrected chi connectivity index (χ2v) is 8.14. The van der Waals surface area contributed by atoms with Crippen molar-refractivity contribution in [3.8, 4) is 5.88 Å². The van der Waals surface area contributed by atoms with Crippen molar-refractivity contribution in [1.29, 1.82) is 0 Å². The summed E-state index contributed by atoms with van der Waals surface area (Å²) in [5, 5.41) is 6.88. The summed E-state index contributed by atoms with van der Waals surface area (Å²) in [5.41, 5.74) is 3.21. The molecule has 1 aromatic heterocycles. The van der Waals surface area contributed by atoms with Crippen molar-refractivity contribution in [3.05, 3.63) is 71.4 Å². The molecule has 4 rings (SSSR count). The van der Waals surface area contributed by atoms with Gasteiger partial charge in [-0.1, -0.05) is 0 Å². The van der Waals surface area contributed by atoms with Gasteiger partial charge in [-0.3, -0.25) is 19.1 Å². The van der Waals surface area contributed by atoms with E-state index in [1.165, 1.54) is 11.8 Å². The first kappa shape index (κ1) is 23.0. The third-order valence-electron chi connectivity index (χ3n) is 5.83. The number of hydrogen-bond acceptors (Lipinski definition) is 6. The Hall–Kier alpha value is -4.14. The highest BCUT2D eigenvalue weighted by Gasteiger charge is 2.23. The SMILES string of the molecule is COc1nn(C)cc1C(=O)Nc1ccc(C(=O)N2CCN(c3ccc(C(C)=O)cc3)CC2)cc1. The molecule has 3 aromatic rings. The number of aryl methyl sites for hydroxylation is 1. The Labute approximate surface area is 197 Å². The second kappa shape index (κ2) is 9.78. The summed E-state index contributed by atoms with van der Waals surface area (Å²) in [6.45, 7) is 4.19. The molecule has 0 unspecified atom stereocenters. The van der Waals surface area contributed by atoms with Crippen molar-refractivity contribution in [3.63, 3.8) is 0 Å². The van der Waals surface area contributed by atoms with Gasteiger partial charge in [0.05, 0.1) is 7.11 Å². The number of benzene rings is 2. The molecule has 2 amide bonds. The van der Waals surface area contributed by atoms with Gasteiger partial charge in [0.1, 0.15) is 5.56 Å². The summed E-state index contributed by atoms with van der Waals surface area (Å²) in [6.07, 6.45) is 1.59. The first-order valence-electron chi connectivity index (χ1n) is 11.0. The normalized spacial score (nSPS) is 13.5. The van der Waals surface area contributed by atoms with Crippen molar-refractivity contribution in [1.82, 2.24) is 14.7 Å². The number of piperazine rings is 1. The maximum Gasteiger partial charge on any atom is 0.262 e. The molecule has 0 aliphatic carbocycles. The number of rotatable bonds is 6. The lowest BCUT2D eigenvalue weighted by atomic mass is 10.1. The molecule has 1 aliphatic heterocycles. The van der Waals surface area contributed by atoms with Gasteiger partial charge in [-0.15, -0.1) is 5.10 Å². The Kier molecular flexibility index (Phi) is 6.62.